The van der Waals surface area contributed by atoms with E-state index in [9.17, 15) is 14.4 Å². The molecule has 1 fully saturated rings. The van der Waals surface area contributed by atoms with Crippen molar-refractivity contribution < 1.29 is 19.5 Å². The van der Waals surface area contributed by atoms with Crippen molar-refractivity contribution in [3.8, 4) is 0 Å². The van der Waals surface area contributed by atoms with Gasteiger partial charge in [0.15, 0.2) is 5.69 Å². The van der Waals surface area contributed by atoms with Crippen molar-refractivity contribution in [1.82, 2.24) is 20.4 Å². The predicted octanol–water partition coefficient (Wildman–Crippen LogP) is 0.758. The van der Waals surface area contributed by atoms with Crippen LogP contribution in [-0.4, -0.2) is 57.1 Å². The quantitative estimate of drug-likeness (QED) is 0.748. The molecule has 3 N–H and O–H groups in total. The first-order chi connectivity index (χ1) is 11.6. The van der Waals surface area contributed by atoms with Crippen molar-refractivity contribution in [2.24, 2.45) is 0 Å². The third kappa shape index (κ3) is 3.08. The maximum absolute atomic E-state index is 12.2. The Balaban J connectivity index is 1.55. The van der Waals surface area contributed by atoms with Crippen LogP contribution in [0.5, 0.6) is 0 Å². The summed E-state index contributed by atoms with van der Waals surface area (Å²) in [6.45, 7) is 0.593. The first kappa shape index (κ1) is 16.0. The molecule has 8 heteroatoms. The summed E-state index contributed by atoms with van der Waals surface area (Å²) in [6, 6.07) is 6.53. The summed E-state index contributed by atoms with van der Waals surface area (Å²) in [5, 5.41) is 19.2. The van der Waals surface area contributed by atoms with Gasteiger partial charge in [0, 0.05) is 24.9 Å². The number of aromatic amines is 1. The number of aliphatic carboxylic acids is 1. The smallest absolute Gasteiger partial charge is 0.326 e. The van der Waals surface area contributed by atoms with E-state index in [1.165, 1.54) is 4.90 Å². The average Bonchev–Trinajstić information content (AvgIpc) is 3.21. The van der Waals surface area contributed by atoms with E-state index in [1.54, 1.807) is 6.07 Å². The summed E-state index contributed by atoms with van der Waals surface area (Å²) in [4.78, 5) is 36.8. The van der Waals surface area contributed by atoms with Crippen LogP contribution < -0.4 is 5.32 Å². The van der Waals surface area contributed by atoms with E-state index >= 15 is 0 Å². The van der Waals surface area contributed by atoms with Gasteiger partial charge >= 0.3 is 5.97 Å². The predicted molar refractivity (Wildman–Crippen MR) is 85.4 cm³/mol. The van der Waals surface area contributed by atoms with Gasteiger partial charge in [-0.3, -0.25) is 14.7 Å². The monoisotopic (exact) mass is 330 g/mol. The number of fused-ring (bicyclic) bond motifs is 1. The molecular weight excluding hydrogens is 312 g/mol. The average molecular weight is 330 g/mol. The fourth-order valence-electron chi connectivity index (χ4n) is 2.97. The minimum absolute atomic E-state index is 0.0673. The van der Waals surface area contributed by atoms with Crippen LogP contribution in [0.15, 0.2) is 24.3 Å². The zero-order chi connectivity index (χ0) is 17.1. The van der Waals surface area contributed by atoms with Crippen molar-refractivity contribution in [2.75, 3.05) is 13.1 Å². The Hall–Kier alpha value is -2.90. The third-order valence-corrected chi connectivity index (χ3v) is 4.17. The van der Waals surface area contributed by atoms with Crippen molar-refractivity contribution >= 4 is 28.7 Å². The Morgan fingerprint density at radius 3 is 2.92 bits per heavy atom. The molecule has 1 aliphatic heterocycles. The number of benzene rings is 1. The number of nitrogens with zero attached hydrogens (tertiary/aromatic N) is 2. The number of H-pyrrole nitrogens is 1. The highest BCUT2D eigenvalue weighted by atomic mass is 16.4. The summed E-state index contributed by atoms with van der Waals surface area (Å²) in [6.07, 6.45) is 1.24. The van der Waals surface area contributed by atoms with Crippen molar-refractivity contribution in [3.05, 3.63) is 30.0 Å². The molecule has 0 spiro atoms. The number of carboxylic acid groups (broad SMARTS) is 1. The fraction of sp³-hybridized carbons (Fsp3) is 0.375. The molecule has 3 rings (SSSR count). The van der Waals surface area contributed by atoms with Crippen molar-refractivity contribution in [3.63, 3.8) is 0 Å². The van der Waals surface area contributed by atoms with Gasteiger partial charge in [0.2, 0.25) is 5.91 Å². The molecule has 0 bridgehead atoms. The number of hydrogen-bond donors (Lipinski definition) is 3. The summed E-state index contributed by atoms with van der Waals surface area (Å²) < 4.78 is 0. The van der Waals surface area contributed by atoms with Gasteiger partial charge in [0.1, 0.15) is 6.04 Å². The van der Waals surface area contributed by atoms with Crippen LogP contribution in [0.2, 0.25) is 0 Å². The standard InChI is InChI=1S/C16H18N4O4/c21-13(20-9-3-6-12(20)16(23)24)7-8-17-15(22)14-10-4-1-2-5-11(10)18-19-14/h1-2,4-5,12H,3,6-9H2,(H,17,22)(H,18,19)(H,23,24)/t12-/m1/s1. The molecule has 1 atom stereocenters. The van der Waals surface area contributed by atoms with Crippen LogP contribution in [0.3, 0.4) is 0 Å². The molecule has 1 aliphatic rings. The Bertz CT molecular complexity index is 785. The highest BCUT2D eigenvalue weighted by Crippen LogP contribution is 2.18. The molecule has 2 aromatic rings. The van der Waals surface area contributed by atoms with Crippen LogP contribution in [-0.2, 0) is 9.59 Å². The number of carbonyl (C=O) groups is 3. The summed E-state index contributed by atoms with van der Waals surface area (Å²) in [5.41, 5.74) is 1.04. The van der Waals surface area contributed by atoms with E-state index in [4.69, 9.17) is 5.11 Å². The fourth-order valence-corrected chi connectivity index (χ4v) is 2.97. The summed E-state index contributed by atoms with van der Waals surface area (Å²) in [5.74, 6) is -1.60. The number of carboxylic acids is 1. The molecule has 0 radical (unpaired) electrons. The molecule has 2 amide bonds. The van der Waals surface area contributed by atoms with E-state index in [-0.39, 0.29) is 30.5 Å². The van der Waals surface area contributed by atoms with Crippen molar-refractivity contribution in [2.45, 2.75) is 25.3 Å². The van der Waals surface area contributed by atoms with Gasteiger partial charge in [0.25, 0.3) is 5.91 Å². The zero-order valence-corrected chi connectivity index (χ0v) is 13.0. The lowest BCUT2D eigenvalue weighted by atomic mass is 10.2. The maximum atomic E-state index is 12.2. The minimum atomic E-state index is -0.979. The molecule has 2 heterocycles. The number of nitrogens with one attached hydrogen (secondary N) is 2. The zero-order valence-electron chi connectivity index (χ0n) is 13.0. The van der Waals surface area contributed by atoms with E-state index < -0.39 is 12.0 Å². The van der Waals surface area contributed by atoms with Gasteiger partial charge in [0.05, 0.1) is 5.52 Å². The minimum Gasteiger partial charge on any atom is -0.480 e. The van der Waals surface area contributed by atoms with Crippen LogP contribution in [0, 0.1) is 0 Å². The van der Waals surface area contributed by atoms with Crippen LogP contribution >= 0.6 is 0 Å². The van der Waals surface area contributed by atoms with Crippen LogP contribution in [0.25, 0.3) is 10.9 Å². The van der Waals surface area contributed by atoms with Crippen LogP contribution in [0.4, 0.5) is 0 Å². The van der Waals surface area contributed by atoms with E-state index in [2.05, 4.69) is 15.5 Å². The number of carbonyl (C=O) groups excluding carboxylic acids is 2. The molecule has 0 aliphatic carbocycles. The molecule has 0 unspecified atom stereocenters. The number of aromatic nitrogens is 2. The van der Waals surface area contributed by atoms with Gasteiger partial charge in [-0.1, -0.05) is 18.2 Å². The first-order valence-corrected chi connectivity index (χ1v) is 7.81. The maximum Gasteiger partial charge on any atom is 0.326 e. The lowest BCUT2D eigenvalue weighted by Crippen LogP contribution is -2.41. The molecule has 1 aromatic carbocycles. The van der Waals surface area contributed by atoms with Gasteiger partial charge in [-0.2, -0.15) is 5.10 Å². The second-order valence-electron chi connectivity index (χ2n) is 5.71. The van der Waals surface area contributed by atoms with Gasteiger partial charge < -0.3 is 15.3 Å². The molecule has 126 valence electrons. The number of rotatable bonds is 5. The SMILES string of the molecule is O=C(NCCC(=O)N1CCC[C@@H]1C(=O)O)c1n[nH]c2ccccc12. The summed E-state index contributed by atoms with van der Waals surface area (Å²) in [7, 11) is 0. The number of para-hydroxylation sites is 1. The molecule has 1 saturated heterocycles. The largest absolute Gasteiger partial charge is 0.480 e. The summed E-state index contributed by atoms with van der Waals surface area (Å²) >= 11 is 0. The van der Waals surface area contributed by atoms with E-state index in [0.29, 0.717) is 24.8 Å². The second kappa shape index (κ2) is 6.69. The number of likely N-dealkylation sites (tertiary alicyclic amines) is 1. The number of hydrogen-bond acceptors (Lipinski definition) is 4. The Labute approximate surface area is 137 Å². The molecule has 24 heavy (non-hydrogen) atoms. The molecule has 1 aromatic heterocycles. The van der Waals surface area contributed by atoms with Crippen molar-refractivity contribution in [1.29, 1.82) is 0 Å². The number of amides is 2. The Kier molecular flexibility index (Phi) is 4.45. The highest BCUT2D eigenvalue weighted by Gasteiger charge is 2.33. The van der Waals surface area contributed by atoms with Crippen LogP contribution in [0.1, 0.15) is 29.8 Å². The van der Waals surface area contributed by atoms with Gasteiger partial charge in [-0.25, -0.2) is 4.79 Å². The lowest BCUT2D eigenvalue weighted by molar-refractivity contribution is -0.148. The third-order valence-electron chi connectivity index (χ3n) is 4.17. The second-order valence-corrected chi connectivity index (χ2v) is 5.71. The Morgan fingerprint density at radius 2 is 2.12 bits per heavy atom. The van der Waals surface area contributed by atoms with E-state index in [0.717, 1.165) is 5.52 Å². The van der Waals surface area contributed by atoms with E-state index in [1.807, 2.05) is 18.2 Å². The molecule has 0 saturated carbocycles. The Morgan fingerprint density at radius 1 is 1.33 bits per heavy atom. The molecular formula is C16H18N4O4. The van der Waals surface area contributed by atoms with Gasteiger partial charge in [-0.05, 0) is 18.9 Å². The normalized spacial score (nSPS) is 17.2. The first-order valence-electron chi connectivity index (χ1n) is 7.81. The molecule has 8 nitrogen and oxygen atoms in total. The topological polar surface area (TPSA) is 115 Å². The lowest BCUT2D eigenvalue weighted by Gasteiger charge is -2.21. The van der Waals surface area contributed by atoms with Gasteiger partial charge in [-0.15, -0.1) is 0 Å². The highest BCUT2D eigenvalue weighted by molar-refractivity contribution is 6.04.